The normalized spacial score (nSPS) is 13.6. The largest absolute Gasteiger partial charge is 0.496 e. The van der Waals surface area contributed by atoms with Gasteiger partial charge in [0.1, 0.15) is 5.75 Å². The molecular weight excluding hydrogens is 220 g/mol. The SMILES string of the molecule is COc1ccc(C(C)(C)C)cc1C(C)CCl. The second-order valence-electron chi connectivity index (χ2n) is 5.26. The van der Waals surface area contributed by atoms with E-state index < -0.39 is 0 Å². The molecule has 0 heterocycles. The Morgan fingerprint density at radius 1 is 1.31 bits per heavy atom. The fourth-order valence-electron chi connectivity index (χ4n) is 1.67. The maximum atomic E-state index is 5.93. The average molecular weight is 241 g/mol. The topological polar surface area (TPSA) is 9.23 Å². The van der Waals surface area contributed by atoms with Crippen molar-refractivity contribution in [2.75, 3.05) is 13.0 Å². The highest BCUT2D eigenvalue weighted by Crippen LogP contribution is 2.32. The van der Waals surface area contributed by atoms with Crippen molar-refractivity contribution in [3.05, 3.63) is 29.3 Å². The van der Waals surface area contributed by atoms with Gasteiger partial charge in [0.15, 0.2) is 0 Å². The highest BCUT2D eigenvalue weighted by molar-refractivity contribution is 6.18. The minimum atomic E-state index is 0.160. The molecule has 0 spiro atoms. The van der Waals surface area contributed by atoms with E-state index in [4.69, 9.17) is 16.3 Å². The van der Waals surface area contributed by atoms with Gasteiger partial charge < -0.3 is 4.74 Å². The van der Waals surface area contributed by atoms with E-state index in [0.29, 0.717) is 11.8 Å². The summed E-state index contributed by atoms with van der Waals surface area (Å²) >= 11 is 5.93. The van der Waals surface area contributed by atoms with Crippen LogP contribution < -0.4 is 4.74 Å². The Labute approximate surface area is 104 Å². The lowest BCUT2D eigenvalue weighted by Gasteiger charge is -2.22. The van der Waals surface area contributed by atoms with E-state index in [-0.39, 0.29) is 5.41 Å². The van der Waals surface area contributed by atoms with Crippen LogP contribution in [0.25, 0.3) is 0 Å². The molecule has 16 heavy (non-hydrogen) atoms. The van der Waals surface area contributed by atoms with Crippen LogP contribution in [0.4, 0.5) is 0 Å². The van der Waals surface area contributed by atoms with Gasteiger partial charge in [0.25, 0.3) is 0 Å². The number of alkyl halides is 1. The number of ether oxygens (including phenoxy) is 1. The lowest BCUT2D eigenvalue weighted by Crippen LogP contribution is -2.12. The summed E-state index contributed by atoms with van der Waals surface area (Å²) in [5, 5.41) is 0. The van der Waals surface area contributed by atoms with Crippen molar-refractivity contribution >= 4 is 11.6 Å². The van der Waals surface area contributed by atoms with Gasteiger partial charge in [-0.15, -0.1) is 11.6 Å². The molecule has 1 aromatic carbocycles. The van der Waals surface area contributed by atoms with E-state index in [0.717, 1.165) is 5.75 Å². The van der Waals surface area contributed by atoms with Gasteiger partial charge in [-0.3, -0.25) is 0 Å². The first-order chi connectivity index (χ1) is 7.40. The number of halogens is 1. The quantitative estimate of drug-likeness (QED) is 0.715. The highest BCUT2D eigenvalue weighted by Gasteiger charge is 2.18. The minimum Gasteiger partial charge on any atom is -0.496 e. The van der Waals surface area contributed by atoms with Crippen molar-refractivity contribution in [2.24, 2.45) is 0 Å². The Morgan fingerprint density at radius 3 is 2.38 bits per heavy atom. The molecule has 0 aromatic heterocycles. The van der Waals surface area contributed by atoms with E-state index in [9.17, 15) is 0 Å². The zero-order valence-corrected chi connectivity index (χ0v) is 11.6. The van der Waals surface area contributed by atoms with Gasteiger partial charge in [0.2, 0.25) is 0 Å². The standard InChI is InChI=1S/C14H21ClO/c1-10(9-15)12-8-11(14(2,3)4)6-7-13(12)16-5/h6-8,10H,9H2,1-5H3. The average Bonchev–Trinajstić information content (AvgIpc) is 2.25. The van der Waals surface area contributed by atoms with E-state index >= 15 is 0 Å². The number of rotatable bonds is 3. The molecule has 1 nitrogen and oxygen atoms in total. The summed E-state index contributed by atoms with van der Waals surface area (Å²) in [5.41, 5.74) is 2.68. The van der Waals surface area contributed by atoms with Gasteiger partial charge in [-0.1, -0.05) is 39.8 Å². The Bertz CT molecular complexity index is 352. The minimum absolute atomic E-state index is 0.160. The van der Waals surface area contributed by atoms with E-state index in [1.54, 1.807) is 7.11 Å². The van der Waals surface area contributed by atoms with Gasteiger partial charge >= 0.3 is 0 Å². The Balaban J connectivity index is 3.21. The van der Waals surface area contributed by atoms with Crippen LogP contribution in [0.15, 0.2) is 18.2 Å². The summed E-state index contributed by atoms with van der Waals surface area (Å²) in [7, 11) is 1.70. The fourth-order valence-corrected chi connectivity index (χ4v) is 1.84. The molecule has 1 atom stereocenters. The van der Waals surface area contributed by atoms with Gasteiger partial charge in [0.05, 0.1) is 7.11 Å². The third-order valence-corrected chi connectivity index (χ3v) is 3.32. The van der Waals surface area contributed by atoms with Gasteiger partial charge in [-0.05, 0) is 28.5 Å². The van der Waals surface area contributed by atoms with Gasteiger partial charge in [0, 0.05) is 5.88 Å². The molecule has 0 saturated heterocycles. The van der Waals surface area contributed by atoms with E-state index in [1.165, 1.54) is 11.1 Å². The molecule has 0 radical (unpaired) electrons. The van der Waals surface area contributed by atoms with Crippen LogP contribution in [0.1, 0.15) is 44.7 Å². The molecule has 0 fully saturated rings. The Morgan fingerprint density at radius 2 is 1.94 bits per heavy atom. The van der Waals surface area contributed by atoms with Gasteiger partial charge in [-0.2, -0.15) is 0 Å². The smallest absolute Gasteiger partial charge is 0.122 e. The summed E-state index contributed by atoms with van der Waals surface area (Å²) in [4.78, 5) is 0. The van der Waals surface area contributed by atoms with Crippen molar-refractivity contribution in [3.8, 4) is 5.75 Å². The zero-order chi connectivity index (χ0) is 12.3. The molecule has 0 bridgehead atoms. The maximum absolute atomic E-state index is 5.93. The number of hydrogen-bond acceptors (Lipinski definition) is 1. The molecule has 0 aliphatic rings. The molecule has 90 valence electrons. The molecule has 0 aliphatic heterocycles. The molecule has 1 unspecified atom stereocenters. The van der Waals surface area contributed by atoms with E-state index in [1.807, 2.05) is 6.07 Å². The van der Waals surface area contributed by atoms with Crippen LogP contribution >= 0.6 is 11.6 Å². The predicted octanol–water partition coefficient (Wildman–Crippen LogP) is 4.34. The van der Waals surface area contributed by atoms with Crippen LogP contribution in [0.3, 0.4) is 0 Å². The fraction of sp³-hybridized carbons (Fsp3) is 0.571. The van der Waals surface area contributed by atoms with Crippen LogP contribution in [-0.4, -0.2) is 13.0 Å². The molecule has 0 aliphatic carbocycles. The predicted molar refractivity (Wildman–Crippen MR) is 70.8 cm³/mol. The lowest BCUT2D eigenvalue weighted by atomic mass is 9.84. The van der Waals surface area contributed by atoms with Crippen molar-refractivity contribution < 1.29 is 4.74 Å². The van der Waals surface area contributed by atoms with Gasteiger partial charge in [-0.25, -0.2) is 0 Å². The second kappa shape index (κ2) is 5.09. The zero-order valence-electron chi connectivity index (χ0n) is 10.8. The number of methoxy groups -OCH3 is 1. The van der Waals surface area contributed by atoms with Crippen LogP contribution in [0.5, 0.6) is 5.75 Å². The summed E-state index contributed by atoms with van der Waals surface area (Å²) in [6.45, 7) is 8.76. The van der Waals surface area contributed by atoms with Crippen molar-refractivity contribution in [2.45, 2.75) is 39.0 Å². The first-order valence-corrected chi connectivity index (χ1v) is 6.18. The molecule has 0 N–H and O–H groups in total. The Kier molecular flexibility index (Phi) is 4.26. The molecular formula is C14H21ClO. The lowest BCUT2D eigenvalue weighted by molar-refractivity contribution is 0.407. The third-order valence-electron chi connectivity index (χ3n) is 2.86. The highest BCUT2D eigenvalue weighted by atomic mass is 35.5. The van der Waals surface area contributed by atoms with E-state index in [2.05, 4.69) is 39.8 Å². The van der Waals surface area contributed by atoms with Crippen molar-refractivity contribution in [1.29, 1.82) is 0 Å². The van der Waals surface area contributed by atoms with Crippen LogP contribution in [-0.2, 0) is 5.41 Å². The van der Waals surface area contributed by atoms with Crippen molar-refractivity contribution in [1.82, 2.24) is 0 Å². The molecule has 0 amide bonds. The van der Waals surface area contributed by atoms with Crippen LogP contribution in [0, 0.1) is 0 Å². The molecule has 1 aromatic rings. The summed E-state index contributed by atoms with van der Waals surface area (Å²) < 4.78 is 5.38. The molecule has 1 rings (SSSR count). The Hall–Kier alpha value is -0.690. The van der Waals surface area contributed by atoms with Crippen LogP contribution in [0.2, 0.25) is 0 Å². The third kappa shape index (κ3) is 2.91. The first-order valence-electron chi connectivity index (χ1n) is 5.64. The second-order valence-corrected chi connectivity index (χ2v) is 5.57. The monoisotopic (exact) mass is 240 g/mol. The molecule has 0 saturated carbocycles. The summed E-state index contributed by atoms with van der Waals surface area (Å²) in [6.07, 6.45) is 0. The first kappa shape index (κ1) is 13.4. The van der Waals surface area contributed by atoms with Crippen molar-refractivity contribution in [3.63, 3.8) is 0 Å². The summed E-state index contributed by atoms with van der Waals surface area (Å²) in [5.74, 6) is 1.87. The maximum Gasteiger partial charge on any atom is 0.122 e. The number of benzene rings is 1. The number of hydrogen-bond donors (Lipinski definition) is 0. The molecule has 2 heteroatoms. The summed E-state index contributed by atoms with van der Waals surface area (Å²) in [6, 6.07) is 6.38.